The summed E-state index contributed by atoms with van der Waals surface area (Å²) in [4.78, 5) is 4.82. The third-order valence-electron chi connectivity index (χ3n) is 7.44. The molecule has 5 atom stereocenters. The molecule has 170 valence electrons. The molecule has 4 nitrogen and oxygen atoms in total. The summed E-state index contributed by atoms with van der Waals surface area (Å²) >= 11 is 0. The lowest BCUT2D eigenvalue weighted by Gasteiger charge is -2.29. The number of aliphatic hydroxyl groups excluding tert-OH is 1. The van der Waals surface area contributed by atoms with Gasteiger partial charge in [-0.05, 0) is 85.6 Å². The number of aromatic nitrogens is 1. The molecule has 0 spiro atoms. The molecule has 2 N–H and O–H groups in total. The van der Waals surface area contributed by atoms with Crippen molar-refractivity contribution in [2.75, 3.05) is 25.6 Å². The van der Waals surface area contributed by atoms with Crippen molar-refractivity contribution < 1.29 is 9.84 Å². The van der Waals surface area contributed by atoms with Crippen LogP contribution in [-0.4, -0.2) is 30.4 Å². The van der Waals surface area contributed by atoms with Gasteiger partial charge in [0.2, 0.25) is 0 Å². The van der Waals surface area contributed by atoms with E-state index in [1.807, 2.05) is 6.07 Å². The lowest BCUT2D eigenvalue weighted by Crippen LogP contribution is -2.20. The number of hydrogen-bond acceptors (Lipinski definition) is 4. The van der Waals surface area contributed by atoms with Gasteiger partial charge >= 0.3 is 0 Å². The van der Waals surface area contributed by atoms with Crippen LogP contribution < -0.4 is 5.32 Å². The molecule has 3 unspecified atom stereocenters. The minimum atomic E-state index is 0.116. The first kappa shape index (κ1) is 23.6. The van der Waals surface area contributed by atoms with E-state index in [1.165, 1.54) is 30.4 Å². The number of allylic oxidation sites excluding steroid dienone is 5. The van der Waals surface area contributed by atoms with Gasteiger partial charge in [-0.1, -0.05) is 44.9 Å². The van der Waals surface area contributed by atoms with E-state index < -0.39 is 0 Å². The molecule has 2 aliphatic carbocycles. The lowest BCUT2D eigenvalue weighted by atomic mass is 9.76. The first-order valence-electron chi connectivity index (χ1n) is 11.9. The largest absolute Gasteiger partial charge is 0.497 e. The first-order valence-corrected chi connectivity index (χ1v) is 11.9. The maximum Gasteiger partial charge on any atom is 0.126 e. The van der Waals surface area contributed by atoms with E-state index in [9.17, 15) is 0 Å². The Balaban J connectivity index is 1.83. The molecule has 1 aromatic rings. The van der Waals surface area contributed by atoms with Gasteiger partial charge in [0.15, 0.2) is 0 Å². The van der Waals surface area contributed by atoms with Crippen molar-refractivity contribution in [1.82, 2.24) is 4.98 Å². The maximum atomic E-state index is 9.08. The molecule has 0 radical (unpaired) electrons. The summed E-state index contributed by atoms with van der Waals surface area (Å²) in [5.41, 5.74) is 4.13. The Hall–Kier alpha value is -2.07. The van der Waals surface area contributed by atoms with Crippen LogP contribution in [-0.2, 0) is 11.2 Å². The van der Waals surface area contributed by atoms with Crippen molar-refractivity contribution in [3.63, 3.8) is 0 Å². The summed E-state index contributed by atoms with van der Waals surface area (Å²) in [6, 6.07) is 6.20. The van der Waals surface area contributed by atoms with Crippen molar-refractivity contribution in [2.24, 2.45) is 29.6 Å². The van der Waals surface area contributed by atoms with Crippen LogP contribution in [0.15, 0.2) is 53.3 Å². The first-order chi connectivity index (χ1) is 14.9. The summed E-state index contributed by atoms with van der Waals surface area (Å²) < 4.78 is 5.55. The average molecular weight is 425 g/mol. The van der Waals surface area contributed by atoms with Gasteiger partial charge in [-0.2, -0.15) is 0 Å². The monoisotopic (exact) mass is 424 g/mol. The molecule has 31 heavy (non-hydrogen) atoms. The van der Waals surface area contributed by atoms with E-state index in [0.29, 0.717) is 36.1 Å². The molecule has 2 aliphatic rings. The fourth-order valence-corrected chi connectivity index (χ4v) is 5.16. The maximum absolute atomic E-state index is 9.08. The molecule has 4 heteroatoms. The highest BCUT2D eigenvalue weighted by molar-refractivity contribution is 5.38. The zero-order valence-corrected chi connectivity index (χ0v) is 19.9. The summed E-state index contributed by atoms with van der Waals surface area (Å²) in [6.45, 7) is 10.1. The minimum Gasteiger partial charge on any atom is -0.497 e. The van der Waals surface area contributed by atoms with Crippen LogP contribution in [0, 0.1) is 29.6 Å². The van der Waals surface area contributed by atoms with Crippen LogP contribution in [0.5, 0.6) is 0 Å². The molecular weight excluding hydrogens is 384 g/mol. The number of ether oxygens (including phenoxy) is 1. The van der Waals surface area contributed by atoms with Gasteiger partial charge in [0.25, 0.3) is 0 Å². The highest BCUT2D eigenvalue weighted by Gasteiger charge is 2.33. The Labute approximate surface area is 188 Å². The molecule has 1 aromatic heterocycles. The Morgan fingerprint density at radius 1 is 1.13 bits per heavy atom. The molecular formula is C27H40N2O2. The second kappa shape index (κ2) is 11.0. The third-order valence-corrected chi connectivity index (χ3v) is 7.44. The molecule has 0 bridgehead atoms. The third kappa shape index (κ3) is 6.00. The topological polar surface area (TPSA) is 54.4 Å². The molecule has 0 saturated heterocycles. The predicted octanol–water partition coefficient (Wildman–Crippen LogP) is 5.77. The van der Waals surface area contributed by atoms with E-state index >= 15 is 0 Å². The lowest BCUT2D eigenvalue weighted by molar-refractivity contribution is 0.303. The minimum absolute atomic E-state index is 0.116. The summed E-state index contributed by atoms with van der Waals surface area (Å²) in [5, 5.41) is 12.3. The average Bonchev–Trinajstić information content (AvgIpc) is 3.00. The smallest absolute Gasteiger partial charge is 0.126 e. The second-order valence-corrected chi connectivity index (χ2v) is 9.54. The zero-order chi connectivity index (χ0) is 22.4. The van der Waals surface area contributed by atoms with Gasteiger partial charge in [-0.25, -0.2) is 4.98 Å². The SMILES string of the molecule is COC1=CC(C)C(C)=C([C@H]2CC(Cc3cccc(NCCO)n3)C(C)CC[C@@H]2C)C=C1. The van der Waals surface area contributed by atoms with Crippen LogP contribution in [0.4, 0.5) is 5.82 Å². The van der Waals surface area contributed by atoms with E-state index in [2.05, 4.69) is 63.4 Å². The van der Waals surface area contributed by atoms with Gasteiger partial charge in [0, 0.05) is 12.2 Å². The fourth-order valence-electron chi connectivity index (χ4n) is 5.16. The summed E-state index contributed by atoms with van der Waals surface area (Å²) in [7, 11) is 1.76. The predicted molar refractivity (Wildman–Crippen MR) is 129 cm³/mol. The number of methoxy groups -OCH3 is 1. The van der Waals surface area contributed by atoms with E-state index in [4.69, 9.17) is 14.8 Å². The Bertz CT molecular complexity index is 826. The van der Waals surface area contributed by atoms with Crippen molar-refractivity contribution in [2.45, 2.75) is 53.4 Å². The Morgan fingerprint density at radius 2 is 1.90 bits per heavy atom. The fraction of sp³-hybridized carbons (Fsp3) is 0.593. The highest BCUT2D eigenvalue weighted by atomic mass is 16.5. The molecule has 1 heterocycles. The normalized spacial score (nSPS) is 29.2. The molecule has 1 fully saturated rings. The van der Waals surface area contributed by atoms with E-state index in [1.54, 1.807) is 7.11 Å². The number of aliphatic hydroxyl groups is 1. The van der Waals surface area contributed by atoms with Crippen LogP contribution in [0.25, 0.3) is 0 Å². The quantitative estimate of drug-likeness (QED) is 0.546. The van der Waals surface area contributed by atoms with Crippen LogP contribution >= 0.6 is 0 Å². The van der Waals surface area contributed by atoms with Crippen molar-refractivity contribution in [3.05, 3.63) is 59.0 Å². The molecule has 1 saturated carbocycles. The molecule has 0 amide bonds. The Morgan fingerprint density at radius 3 is 2.65 bits per heavy atom. The molecule has 0 aromatic carbocycles. The Kier molecular flexibility index (Phi) is 8.36. The van der Waals surface area contributed by atoms with Crippen molar-refractivity contribution in [1.29, 1.82) is 0 Å². The molecule has 3 rings (SSSR count). The van der Waals surface area contributed by atoms with Crippen molar-refractivity contribution >= 4 is 5.82 Å². The second-order valence-electron chi connectivity index (χ2n) is 9.54. The number of anilines is 1. The van der Waals surface area contributed by atoms with Gasteiger partial charge in [-0.3, -0.25) is 0 Å². The van der Waals surface area contributed by atoms with Gasteiger partial charge in [-0.15, -0.1) is 0 Å². The number of hydrogen-bond donors (Lipinski definition) is 2. The highest BCUT2D eigenvalue weighted by Crippen LogP contribution is 2.43. The number of rotatable bonds is 7. The standard InChI is InChI=1S/C27H40N2O2/c1-18-9-10-19(2)26(25-12-11-24(31-5)15-20(3)21(25)4)17-22(18)16-23-7-6-8-27(29-23)28-13-14-30/h6-8,11-12,15,18-20,22,26,30H,9-10,13-14,16-17H2,1-5H3,(H,28,29)/t18?,19-,20?,22?,26-/m0/s1. The van der Waals surface area contributed by atoms with Gasteiger partial charge in [0.1, 0.15) is 11.6 Å². The van der Waals surface area contributed by atoms with Crippen molar-refractivity contribution in [3.8, 4) is 0 Å². The summed E-state index contributed by atoms with van der Waals surface area (Å²) in [5.74, 6) is 4.74. The van der Waals surface area contributed by atoms with E-state index in [-0.39, 0.29) is 6.61 Å². The van der Waals surface area contributed by atoms with Crippen LogP contribution in [0.3, 0.4) is 0 Å². The van der Waals surface area contributed by atoms with Crippen LogP contribution in [0.1, 0.15) is 52.7 Å². The van der Waals surface area contributed by atoms with E-state index in [0.717, 1.165) is 23.7 Å². The molecule has 0 aliphatic heterocycles. The van der Waals surface area contributed by atoms with Gasteiger partial charge < -0.3 is 15.2 Å². The number of nitrogens with zero attached hydrogens (tertiary/aromatic N) is 1. The van der Waals surface area contributed by atoms with Crippen LogP contribution in [0.2, 0.25) is 0 Å². The number of nitrogens with one attached hydrogen (secondary N) is 1. The van der Waals surface area contributed by atoms with Gasteiger partial charge in [0.05, 0.1) is 13.7 Å². The summed E-state index contributed by atoms with van der Waals surface area (Å²) in [6.07, 6.45) is 11.5. The zero-order valence-electron chi connectivity index (χ0n) is 19.9. The number of pyridine rings is 1.